The number of pyridine rings is 1. The van der Waals surface area contributed by atoms with Crippen LogP contribution in [-0.4, -0.2) is 10.9 Å². The van der Waals surface area contributed by atoms with Gasteiger partial charge in [0.05, 0.1) is 11.9 Å². The largest absolute Gasteiger partial charge is 0.354 e. The zero-order valence-corrected chi connectivity index (χ0v) is 13.0. The maximum atomic E-state index is 11.9. The van der Waals surface area contributed by atoms with Gasteiger partial charge in [-0.3, -0.25) is 4.79 Å². The first-order valence-electron chi connectivity index (χ1n) is 7.73. The van der Waals surface area contributed by atoms with Crippen molar-refractivity contribution in [3.8, 4) is 0 Å². The van der Waals surface area contributed by atoms with Crippen molar-refractivity contribution < 1.29 is 4.79 Å². The molecule has 1 aliphatic carbocycles. The number of benzene rings is 1. The SMILES string of the molecule is Cc1cccc(Nc2ccc(NC(=O)C3CCC3)nc2)c1C. The van der Waals surface area contributed by atoms with E-state index in [-0.39, 0.29) is 11.8 Å². The van der Waals surface area contributed by atoms with Gasteiger partial charge in [-0.15, -0.1) is 0 Å². The molecular weight excluding hydrogens is 274 g/mol. The van der Waals surface area contributed by atoms with E-state index in [0.717, 1.165) is 30.6 Å². The summed E-state index contributed by atoms with van der Waals surface area (Å²) in [5.41, 5.74) is 4.47. The lowest BCUT2D eigenvalue weighted by atomic mass is 9.85. The van der Waals surface area contributed by atoms with Gasteiger partial charge in [0.15, 0.2) is 0 Å². The van der Waals surface area contributed by atoms with Gasteiger partial charge in [0.1, 0.15) is 5.82 Å². The summed E-state index contributed by atoms with van der Waals surface area (Å²) in [7, 11) is 0. The van der Waals surface area contributed by atoms with E-state index in [4.69, 9.17) is 0 Å². The fourth-order valence-electron chi connectivity index (χ4n) is 2.48. The fraction of sp³-hybridized carbons (Fsp3) is 0.333. The van der Waals surface area contributed by atoms with Crippen LogP contribution in [0.15, 0.2) is 36.5 Å². The van der Waals surface area contributed by atoms with Crippen molar-refractivity contribution >= 4 is 23.1 Å². The molecule has 0 atom stereocenters. The Morgan fingerprint density at radius 1 is 1.18 bits per heavy atom. The highest BCUT2D eigenvalue weighted by Crippen LogP contribution is 2.27. The monoisotopic (exact) mass is 295 g/mol. The molecular formula is C18H21N3O. The van der Waals surface area contributed by atoms with Crippen molar-refractivity contribution in [2.24, 2.45) is 5.92 Å². The molecule has 1 heterocycles. The van der Waals surface area contributed by atoms with Crippen LogP contribution in [0.1, 0.15) is 30.4 Å². The quantitative estimate of drug-likeness (QED) is 0.889. The number of nitrogens with zero attached hydrogens (tertiary/aromatic N) is 1. The minimum absolute atomic E-state index is 0.0917. The van der Waals surface area contributed by atoms with Crippen LogP contribution in [0.25, 0.3) is 0 Å². The van der Waals surface area contributed by atoms with E-state index < -0.39 is 0 Å². The predicted octanol–water partition coefficient (Wildman–Crippen LogP) is 4.18. The number of aromatic nitrogens is 1. The van der Waals surface area contributed by atoms with Crippen molar-refractivity contribution in [2.75, 3.05) is 10.6 Å². The molecule has 0 aliphatic heterocycles. The number of carbonyl (C=O) groups excluding carboxylic acids is 1. The van der Waals surface area contributed by atoms with Crippen LogP contribution in [0.4, 0.5) is 17.2 Å². The molecule has 0 spiro atoms. The molecule has 114 valence electrons. The predicted molar refractivity (Wildman–Crippen MR) is 89.4 cm³/mol. The van der Waals surface area contributed by atoms with Gasteiger partial charge < -0.3 is 10.6 Å². The number of nitrogens with one attached hydrogen (secondary N) is 2. The summed E-state index contributed by atoms with van der Waals surface area (Å²) in [6, 6.07) is 9.95. The maximum absolute atomic E-state index is 11.9. The summed E-state index contributed by atoms with van der Waals surface area (Å²) in [6.45, 7) is 4.19. The molecule has 0 radical (unpaired) electrons. The molecule has 1 amide bonds. The van der Waals surface area contributed by atoms with E-state index in [0.29, 0.717) is 5.82 Å². The van der Waals surface area contributed by atoms with Gasteiger partial charge >= 0.3 is 0 Å². The van der Waals surface area contributed by atoms with Crippen LogP contribution in [0, 0.1) is 19.8 Å². The van der Waals surface area contributed by atoms with Crippen molar-refractivity contribution in [1.82, 2.24) is 4.98 Å². The molecule has 4 nitrogen and oxygen atoms in total. The molecule has 22 heavy (non-hydrogen) atoms. The van der Waals surface area contributed by atoms with E-state index in [1.165, 1.54) is 11.1 Å². The molecule has 1 saturated carbocycles. The number of hydrogen-bond donors (Lipinski definition) is 2. The lowest BCUT2D eigenvalue weighted by molar-refractivity contribution is -0.122. The second kappa shape index (κ2) is 6.18. The molecule has 1 aromatic carbocycles. The lowest BCUT2D eigenvalue weighted by Crippen LogP contribution is -2.28. The number of amides is 1. The summed E-state index contributed by atoms with van der Waals surface area (Å²) in [6.07, 6.45) is 4.90. The molecule has 0 bridgehead atoms. The smallest absolute Gasteiger partial charge is 0.228 e. The van der Waals surface area contributed by atoms with E-state index in [1.807, 2.05) is 18.2 Å². The molecule has 2 N–H and O–H groups in total. The lowest BCUT2D eigenvalue weighted by Gasteiger charge is -2.23. The third kappa shape index (κ3) is 3.11. The van der Waals surface area contributed by atoms with Crippen molar-refractivity contribution in [3.63, 3.8) is 0 Å². The third-order valence-electron chi connectivity index (χ3n) is 4.37. The second-order valence-corrected chi connectivity index (χ2v) is 5.92. The first kappa shape index (κ1) is 14.6. The van der Waals surface area contributed by atoms with Crippen molar-refractivity contribution in [3.05, 3.63) is 47.7 Å². The zero-order chi connectivity index (χ0) is 15.5. The van der Waals surface area contributed by atoms with Gasteiger partial charge in [0.25, 0.3) is 0 Å². The Labute approximate surface area is 131 Å². The van der Waals surface area contributed by atoms with Gasteiger partial charge in [0, 0.05) is 11.6 Å². The Bertz CT molecular complexity index is 675. The number of anilines is 3. The third-order valence-corrected chi connectivity index (χ3v) is 4.37. The van der Waals surface area contributed by atoms with E-state index >= 15 is 0 Å². The molecule has 0 saturated heterocycles. The molecule has 1 fully saturated rings. The Hall–Kier alpha value is -2.36. The standard InChI is InChI=1S/C18H21N3O/c1-12-5-3-8-16(13(12)2)20-15-9-10-17(19-11-15)21-18(22)14-6-4-7-14/h3,5,8-11,14,20H,4,6-7H2,1-2H3,(H,19,21,22). The van der Waals surface area contributed by atoms with Gasteiger partial charge in [-0.2, -0.15) is 0 Å². The van der Waals surface area contributed by atoms with E-state index in [9.17, 15) is 4.79 Å². The topological polar surface area (TPSA) is 54.0 Å². The van der Waals surface area contributed by atoms with Gasteiger partial charge in [0.2, 0.25) is 5.91 Å². The number of carbonyl (C=O) groups is 1. The normalized spacial score (nSPS) is 14.3. The summed E-state index contributed by atoms with van der Waals surface area (Å²) >= 11 is 0. The zero-order valence-electron chi connectivity index (χ0n) is 13.0. The first-order chi connectivity index (χ1) is 10.6. The second-order valence-electron chi connectivity index (χ2n) is 5.92. The fourth-order valence-corrected chi connectivity index (χ4v) is 2.48. The van der Waals surface area contributed by atoms with Crippen molar-refractivity contribution in [1.29, 1.82) is 0 Å². The van der Waals surface area contributed by atoms with Crippen LogP contribution in [0.2, 0.25) is 0 Å². The highest BCUT2D eigenvalue weighted by molar-refractivity contribution is 5.92. The Morgan fingerprint density at radius 3 is 2.64 bits per heavy atom. The number of rotatable bonds is 4. The highest BCUT2D eigenvalue weighted by Gasteiger charge is 2.25. The van der Waals surface area contributed by atoms with Crippen LogP contribution in [0.5, 0.6) is 0 Å². The molecule has 1 aliphatic rings. The van der Waals surface area contributed by atoms with E-state index in [2.05, 4.69) is 41.6 Å². The molecule has 2 aromatic rings. The average molecular weight is 295 g/mol. The van der Waals surface area contributed by atoms with Crippen LogP contribution >= 0.6 is 0 Å². The van der Waals surface area contributed by atoms with Gasteiger partial charge in [-0.05, 0) is 56.0 Å². The minimum Gasteiger partial charge on any atom is -0.354 e. The van der Waals surface area contributed by atoms with E-state index in [1.54, 1.807) is 6.20 Å². The summed E-state index contributed by atoms with van der Waals surface area (Å²) in [5.74, 6) is 0.881. The first-order valence-corrected chi connectivity index (χ1v) is 7.73. The summed E-state index contributed by atoms with van der Waals surface area (Å²) in [4.78, 5) is 16.2. The van der Waals surface area contributed by atoms with Crippen LogP contribution in [0.3, 0.4) is 0 Å². The molecule has 4 heteroatoms. The van der Waals surface area contributed by atoms with Crippen molar-refractivity contribution in [2.45, 2.75) is 33.1 Å². The number of aryl methyl sites for hydroxylation is 1. The number of hydrogen-bond acceptors (Lipinski definition) is 3. The maximum Gasteiger partial charge on any atom is 0.228 e. The van der Waals surface area contributed by atoms with Gasteiger partial charge in [-0.1, -0.05) is 18.6 Å². The molecule has 1 aromatic heterocycles. The van der Waals surface area contributed by atoms with Gasteiger partial charge in [-0.25, -0.2) is 4.98 Å². The minimum atomic E-state index is 0.0917. The van der Waals surface area contributed by atoms with Crippen LogP contribution in [-0.2, 0) is 4.79 Å². The Morgan fingerprint density at radius 2 is 2.00 bits per heavy atom. The highest BCUT2D eigenvalue weighted by atomic mass is 16.2. The Kier molecular flexibility index (Phi) is 4.09. The van der Waals surface area contributed by atoms with Crippen LogP contribution < -0.4 is 10.6 Å². The summed E-state index contributed by atoms with van der Waals surface area (Å²) < 4.78 is 0. The average Bonchev–Trinajstić information content (AvgIpc) is 2.44. The molecule has 0 unspecified atom stereocenters. The molecule has 3 rings (SSSR count). The Balaban J connectivity index is 1.66. The summed E-state index contributed by atoms with van der Waals surface area (Å²) in [5, 5.41) is 6.24.